The van der Waals surface area contributed by atoms with Gasteiger partial charge in [-0.3, -0.25) is 5.41 Å². The van der Waals surface area contributed by atoms with Gasteiger partial charge in [0.25, 0.3) is 0 Å². The molecule has 2 amide bonds. The van der Waals surface area contributed by atoms with Crippen LogP contribution in [0.2, 0.25) is 0 Å². The van der Waals surface area contributed by atoms with E-state index in [0.717, 1.165) is 6.42 Å². The minimum absolute atomic E-state index is 0.00311. The van der Waals surface area contributed by atoms with Crippen molar-refractivity contribution in [2.45, 2.75) is 78.8 Å². The number of nitrogens with zero attached hydrogens (tertiary/aromatic N) is 6. The molecule has 0 aromatic carbocycles. The van der Waals surface area contributed by atoms with E-state index < -0.39 is 23.4 Å². The van der Waals surface area contributed by atoms with Crippen molar-refractivity contribution in [1.82, 2.24) is 24.6 Å². The number of pyridine rings is 1. The van der Waals surface area contributed by atoms with E-state index in [-0.39, 0.29) is 41.4 Å². The van der Waals surface area contributed by atoms with Crippen molar-refractivity contribution < 1.29 is 33.0 Å². The lowest BCUT2D eigenvalue weighted by Gasteiger charge is -2.27. The van der Waals surface area contributed by atoms with Crippen molar-refractivity contribution in [3.05, 3.63) is 59.2 Å². The molecule has 45 heavy (non-hydrogen) atoms. The molecule has 5 rings (SSSR count). The predicted molar refractivity (Wildman–Crippen MR) is 162 cm³/mol. The monoisotopic (exact) mass is 619 g/mol. The molecule has 14 heteroatoms. The average molecular weight is 620 g/mol. The third-order valence-electron chi connectivity index (χ3n) is 6.36. The Labute approximate surface area is 260 Å². The zero-order valence-corrected chi connectivity index (χ0v) is 26.4. The van der Waals surface area contributed by atoms with Gasteiger partial charge in [-0.2, -0.15) is 19.6 Å². The Morgan fingerprint density at radius 2 is 1.73 bits per heavy atom. The SMILES string of the molecule is Cc1ccc(-c2nc(N(C(=O)OC(C)(C)C)C(=O)OC(C)(C)C)nc3c(C(=N)c4cccc(CO[C@H]5CCOC5)n4)cnn23)o1. The first-order chi connectivity index (χ1) is 21.2. The highest BCUT2D eigenvalue weighted by Gasteiger charge is 2.36. The number of imide groups is 1. The number of aromatic nitrogens is 5. The van der Waals surface area contributed by atoms with Crippen LogP contribution in [0.15, 0.2) is 40.9 Å². The largest absolute Gasteiger partial charge is 0.458 e. The Morgan fingerprint density at radius 1 is 1.02 bits per heavy atom. The van der Waals surface area contributed by atoms with Gasteiger partial charge >= 0.3 is 12.2 Å². The fourth-order valence-corrected chi connectivity index (χ4v) is 4.39. The van der Waals surface area contributed by atoms with Crippen LogP contribution in [0.3, 0.4) is 0 Å². The molecule has 0 saturated carbocycles. The smallest absolute Gasteiger partial charge is 0.427 e. The number of aryl methyl sites for hydroxylation is 1. The molecule has 14 nitrogen and oxygen atoms in total. The lowest BCUT2D eigenvalue weighted by molar-refractivity contribution is 0.0301. The van der Waals surface area contributed by atoms with E-state index in [1.807, 2.05) is 6.07 Å². The van der Waals surface area contributed by atoms with Gasteiger partial charge in [-0.1, -0.05) is 6.07 Å². The first-order valence-electron chi connectivity index (χ1n) is 14.5. The number of furan rings is 1. The summed E-state index contributed by atoms with van der Waals surface area (Å²) in [5.41, 5.74) is -0.508. The van der Waals surface area contributed by atoms with Crippen LogP contribution in [0.25, 0.3) is 17.2 Å². The van der Waals surface area contributed by atoms with Gasteiger partial charge in [0, 0.05) is 6.61 Å². The number of amides is 2. The van der Waals surface area contributed by atoms with Crippen LogP contribution in [0.4, 0.5) is 15.5 Å². The Bertz CT molecular complexity index is 1700. The third-order valence-corrected chi connectivity index (χ3v) is 6.36. The summed E-state index contributed by atoms with van der Waals surface area (Å²) in [6.45, 7) is 13.3. The standard InChI is InChI=1S/C31H37N7O7/c1-18-11-12-23(43-18)26-36-27(37(28(39)44-30(2,3)4)29(40)45-31(5,6)7)35-25-21(15-33-38(25)26)24(32)22-10-8-9-19(34-22)16-42-20-13-14-41-17-20/h8-12,15,20,32H,13-14,16-17H2,1-7H3/t20-/m0/s1. The lowest BCUT2D eigenvalue weighted by atomic mass is 10.1. The number of carbonyl (C=O) groups excluding carboxylic acids is 2. The van der Waals surface area contributed by atoms with Crippen LogP contribution >= 0.6 is 0 Å². The average Bonchev–Trinajstić information content (AvgIpc) is 3.71. The fraction of sp³-hybridized carbons (Fsp3) is 0.452. The van der Waals surface area contributed by atoms with E-state index in [9.17, 15) is 9.59 Å². The molecule has 0 unspecified atom stereocenters. The summed E-state index contributed by atoms with van der Waals surface area (Å²) in [6, 6.07) is 8.72. The summed E-state index contributed by atoms with van der Waals surface area (Å²) >= 11 is 0. The molecule has 1 aliphatic rings. The Kier molecular flexibility index (Phi) is 8.72. The number of hydrogen-bond donors (Lipinski definition) is 1. The summed E-state index contributed by atoms with van der Waals surface area (Å²) in [4.78, 5) is 41.2. The van der Waals surface area contributed by atoms with Gasteiger partial charge in [-0.05, 0) is 79.2 Å². The summed E-state index contributed by atoms with van der Waals surface area (Å²) in [5.74, 6) is 0.678. The molecular formula is C31H37N7O7. The molecule has 0 aliphatic carbocycles. The quantitative estimate of drug-likeness (QED) is 0.260. The fourth-order valence-electron chi connectivity index (χ4n) is 4.39. The second-order valence-corrected chi connectivity index (χ2v) is 12.5. The molecule has 0 bridgehead atoms. The van der Waals surface area contributed by atoms with E-state index in [0.29, 0.717) is 41.0 Å². The van der Waals surface area contributed by atoms with E-state index in [2.05, 4.69) is 20.1 Å². The van der Waals surface area contributed by atoms with Crippen LogP contribution < -0.4 is 4.90 Å². The van der Waals surface area contributed by atoms with Crippen LogP contribution in [0.1, 0.15) is 70.7 Å². The number of ether oxygens (including phenoxy) is 4. The van der Waals surface area contributed by atoms with Crippen molar-refractivity contribution in [2.24, 2.45) is 0 Å². The maximum atomic E-state index is 13.5. The third kappa shape index (κ3) is 7.52. The molecule has 1 aliphatic heterocycles. The van der Waals surface area contributed by atoms with Crippen molar-refractivity contribution in [1.29, 1.82) is 5.41 Å². The van der Waals surface area contributed by atoms with Gasteiger partial charge in [0.2, 0.25) is 11.8 Å². The molecule has 238 valence electrons. The number of hydrogen-bond acceptors (Lipinski definition) is 12. The molecule has 4 aromatic rings. The molecule has 1 N–H and O–H groups in total. The topological polar surface area (TPSA) is 167 Å². The molecule has 1 saturated heterocycles. The molecular weight excluding hydrogens is 582 g/mol. The van der Waals surface area contributed by atoms with E-state index >= 15 is 0 Å². The van der Waals surface area contributed by atoms with Gasteiger partial charge in [0.05, 0.1) is 48.2 Å². The maximum absolute atomic E-state index is 13.5. The molecule has 0 radical (unpaired) electrons. The van der Waals surface area contributed by atoms with Gasteiger partial charge < -0.3 is 23.4 Å². The zero-order valence-electron chi connectivity index (χ0n) is 26.4. The second kappa shape index (κ2) is 12.4. The summed E-state index contributed by atoms with van der Waals surface area (Å²) in [5, 5.41) is 13.5. The zero-order chi connectivity index (χ0) is 32.5. The van der Waals surface area contributed by atoms with E-state index in [1.165, 1.54) is 10.7 Å². The molecule has 1 fully saturated rings. The van der Waals surface area contributed by atoms with Gasteiger partial charge in [0.1, 0.15) is 17.0 Å². The summed E-state index contributed by atoms with van der Waals surface area (Å²) in [7, 11) is 0. The van der Waals surface area contributed by atoms with Crippen molar-refractivity contribution in [3.63, 3.8) is 0 Å². The normalized spacial score (nSPS) is 15.3. The summed E-state index contributed by atoms with van der Waals surface area (Å²) in [6.07, 6.45) is 0.190. The van der Waals surface area contributed by atoms with Gasteiger partial charge in [0.15, 0.2) is 11.4 Å². The lowest BCUT2D eigenvalue weighted by Crippen LogP contribution is -2.44. The molecule has 4 aromatic heterocycles. The first kappa shape index (κ1) is 31.7. The Hall–Kier alpha value is -4.69. The Balaban J connectivity index is 1.60. The maximum Gasteiger partial charge on any atom is 0.427 e. The van der Waals surface area contributed by atoms with Crippen LogP contribution in [0.5, 0.6) is 0 Å². The van der Waals surface area contributed by atoms with Gasteiger partial charge in [-0.15, -0.1) is 4.90 Å². The predicted octanol–water partition coefficient (Wildman–Crippen LogP) is 5.49. The van der Waals surface area contributed by atoms with Crippen LogP contribution in [-0.2, 0) is 25.6 Å². The minimum Gasteiger partial charge on any atom is -0.458 e. The number of rotatable bonds is 7. The highest BCUT2D eigenvalue weighted by atomic mass is 16.6. The minimum atomic E-state index is -1.04. The van der Waals surface area contributed by atoms with E-state index in [1.54, 1.807) is 72.7 Å². The van der Waals surface area contributed by atoms with Gasteiger partial charge in [-0.25, -0.2) is 14.6 Å². The van der Waals surface area contributed by atoms with Crippen molar-refractivity contribution >= 4 is 29.5 Å². The Morgan fingerprint density at radius 3 is 2.33 bits per heavy atom. The number of fused-ring (bicyclic) bond motifs is 1. The molecule has 0 spiro atoms. The van der Waals surface area contributed by atoms with Crippen molar-refractivity contribution in [3.8, 4) is 11.6 Å². The number of carbonyl (C=O) groups is 2. The van der Waals surface area contributed by atoms with E-state index in [4.69, 9.17) is 28.8 Å². The first-order valence-corrected chi connectivity index (χ1v) is 14.5. The molecule has 5 heterocycles. The van der Waals surface area contributed by atoms with Crippen LogP contribution in [0, 0.1) is 12.3 Å². The highest BCUT2D eigenvalue weighted by molar-refractivity contribution is 6.13. The van der Waals surface area contributed by atoms with Crippen LogP contribution in [-0.4, -0.2) is 73.0 Å². The highest BCUT2D eigenvalue weighted by Crippen LogP contribution is 2.27. The summed E-state index contributed by atoms with van der Waals surface area (Å²) < 4.78 is 29.6. The number of anilines is 1. The number of nitrogens with one attached hydrogen (secondary N) is 1. The molecule has 1 atom stereocenters. The second-order valence-electron chi connectivity index (χ2n) is 12.5. The van der Waals surface area contributed by atoms with Crippen molar-refractivity contribution in [2.75, 3.05) is 18.1 Å².